The highest BCUT2D eigenvalue weighted by atomic mass is 16.5. The van der Waals surface area contributed by atoms with Gasteiger partial charge < -0.3 is 14.7 Å². The summed E-state index contributed by atoms with van der Waals surface area (Å²) < 4.78 is 5.52. The van der Waals surface area contributed by atoms with Crippen LogP contribution in [0.5, 0.6) is 0 Å². The zero-order chi connectivity index (χ0) is 24.4. The monoisotopic (exact) mass is 474 g/mol. The number of anilines is 1. The van der Waals surface area contributed by atoms with Gasteiger partial charge in [0.15, 0.2) is 5.82 Å². The molecule has 1 saturated carbocycles. The molecule has 0 spiro atoms. The fourth-order valence-corrected chi connectivity index (χ4v) is 4.52. The van der Waals surface area contributed by atoms with Crippen molar-refractivity contribution in [2.75, 3.05) is 25.0 Å². The molecule has 1 fully saturated rings. The topological polar surface area (TPSA) is 125 Å². The fourth-order valence-electron chi connectivity index (χ4n) is 4.52. The summed E-state index contributed by atoms with van der Waals surface area (Å²) in [5.74, 6) is -0.786. The van der Waals surface area contributed by atoms with Gasteiger partial charge in [-0.2, -0.15) is 5.10 Å². The summed E-state index contributed by atoms with van der Waals surface area (Å²) >= 11 is 0. The maximum atomic E-state index is 12.9. The molecule has 180 valence electrons. The molecule has 5 rings (SSSR count). The summed E-state index contributed by atoms with van der Waals surface area (Å²) in [4.78, 5) is 37.8. The van der Waals surface area contributed by atoms with Crippen LogP contribution in [0.2, 0.25) is 0 Å². The highest BCUT2D eigenvalue weighted by Gasteiger charge is 2.30. The number of carboxylic acid groups (broad SMARTS) is 1. The maximum Gasteiger partial charge on any atom is 0.412 e. The lowest BCUT2D eigenvalue weighted by atomic mass is 9.98. The Kier molecular flexibility index (Phi) is 6.22. The molecule has 0 saturated heterocycles. The third-order valence-electron chi connectivity index (χ3n) is 6.44. The molecule has 9 nitrogen and oxygen atoms in total. The number of aromatic amines is 1. The number of carbonyl (C=O) groups excluding carboxylic acids is 2. The molecular weight excluding hydrogens is 448 g/mol. The summed E-state index contributed by atoms with van der Waals surface area (Å²) in [6.45, 7) is 0.805. The Bertz CT molecular complexity index is 1220. The van der Waals surface area contributed by atoms with E-state index in [1.165, 1.54) is 11.0 Å². The molecule has 2 amide bonds. The van der Waals surface area contributed by atoms with Crippen molar-refractivity contribution in [3.05, 3.63) is 71.4 Å². The fraction of sp³-hybridized carbons (Fsp3) is 0.308. The predicted octanol–water partition coefficient (Wildman–Crippen LogP) is 4.10. The van der Waals surface area contributed by atoms with Crippen LogP contribution in [0, 0.1) is 5.92 Å². The van der Waals surface area contributed by atoms with E-state index in [4.69, 9.17) is 9.84 Å². The van der Waals surface area contributed by atoms with Gasteiger partial charge in [-0.15, -0.1) is 0 Å². The van der Waals surface area contributed by atoms with E-state index in [9.17, 15) is 14.4 Å². The molecule has 3 N–H and O–H groups in total. The zero-order valence-corrected chi connectivity index (χ0v) is 19.1. The van der Waals surface area contributed by atoms with Crippen LogP contribution in [0.1, 0.15) is 46.8 Å². The van der Waals surface area contributed by atoms with Gasteiger partial charge in [-0.1, -0.05) is 48.5 Å². The van der Waals surface area contributed by atoms with Crippen molar-refractivity contribution in [3.8, 4) is 11.1 Å². The first kappa shape index (κ1) is 22.6. The number of carbonyl (C=O) groups is 3. The molecule has 35 heavy (non-hydrogen) atoms. The van der Waals surface area contributed by atoms with Gasteiger partial charge in [-0.05, 0) is 41.0 Å². The number of nitrogens with zero attached hydrogens (tertiary/aromatic N) is 2. The van der Waals surface area contributed by atoms with Gasteiger partial charge in [-0.25, -0.2) is 4.79 Å². The first-order valence-corrected chi connectivity index (χ1v) is 11.7. The molecule has 1 heterocycles. The molecule has 1 aromatic heterocycles. The third-order valence-corrected chi connectivity index (χ3v) is 6.44. The van der Waals surface area contributed by atoms with Crippen molar-refractivity contribution in [3.63, 3.8) is 0 Å². The lowest BCUT2D eigenvalue weighted by molar-refractivity contribution is -0.137. The molecule has 0 bridgehead atoms. The Hall–Kier alpha value is -4.14. The van der Waals surface area contributed by atoms with E-state index >= 15 is 0 Å². The van der Waals surface area contributed by atoms with Gasteiger partial charge in [0, 0.05) is 25.1 Å². The number of H-pyrrole nitrogens is 1. The number of fused-ring (bicyclic) bond motifs is 3. The second-order valence-corrected chi connectivity index (χ2v) is 8.96. The van der Waals surface area contributed by atoms with Gasteiger partial charge in [0.25, 0.3) is 5.91 Å². The molecule has 0 radical (unpaired) electrons. The van der Waals surface area contributed by atoms with E-state index in [1.54, 1.807) is 0 Å². The maximum absolute atomic E-state index is 12.9. The normalized spacial score (nSPS) is 14.2. The summed E-state index contributed by atoms with van der Waals surface area (Å²) in [6.07, 6.45) is 1.28. The minimum absolute atomic E-state index is 0.0605. The van der Waals surface area contributed by atoms with Crippen molar-refractivity contribution >= 4 is 23.8 Å². The second-order valence-electron chi connectivity index (χ2n) is 8.96. The van der Waals surface area contributed by atoms with Crippen molar-refractivity contribution in [1.29, 1.82) is 0 Å². The van der Waals surface area contributed by atoms with Crippen molar-refractivity contribution in [2.24, 2.45) is 5.92 Å². The van der Waals surface area contributed by atoms with Crippen LogP contribution in [0.15, 0.2) is 54.6 Å². The lowest BCUT2D eigenvalue weighted by Crippen LogP contribution is -2.35. The largest absolute Gasteiger partial charge is 0.481 e. The quantitative estimate of drug-likeness (QED) is 0.429. The van der Waals surface area contributed by atoms with E-state index in [-0.39, 0.29) is 42.9 Å². The number of benzene rings is 2. The Labute approximate surface area is 202 Å². The number of aliphatic carboxylic acids is 1. The summed E-state index contributed by atoms with van der Waals surface area (Å²) in [5.41, 5.74) is 4.71. The number of hydrogen-bond donors (Lipinski definition) is 3. The van der Waals surface area contributed by atoms with Gasteiger partial charge in [0.2, 0.25) is 0 Å². The minimum atomic E-state index is -0.958. The van der Waals surface area contributed by atoms with Gasteiger partial charge in [0.05, 0.1) is 6.42 Å². The summed E-state index contributed by atoms with van der Waals surface area (Å²) in [5, 5.41) is 18.2. The Morgan fingerprint density at radius 1 is 1.06 bits per heavy atom. The molecular formula is C26H26N4O5. The number of carboxylic acids is 1. The van der Waals surface area contributed by atoms with Crippen molar-refractivity contribution in [2.45, 2.75) is 25.2 Å². The molecule has 0 unspecified atom stereocenters. The molecule has 3 aromatic rings. The van der Waals surface area contributed by atoms with Crippen LogP contribution in [-0.4, -0.2) is 57.9 Å². The van der Waals surface area contributed by atoms with Gasteiger partial charge in [0.1, 0.15) is 12.3 Å². The minimum Gasteiger partial charge on any atom is -0.481 e. The SMILES string of the molecule is O=C(O)CCN(CC1CC1)C(=O)c1cc(NC(=O)OCC2c3ccccc3-c3ccccc32)n[nH]1. The highest BCUT2D eigenvalue weighted by Crippen LogP contribution is 2.44. The second kappa shape index (κ2) is 9.61. The smallest absolute Gasteiger partial charge is 0.412 e. The first-order chi connectivity index (χ1) is 17.0. The number of aromatic nitrogens is 2. The third kappa shape index (κ3) is 5.03. The summed E-state index contributed by atoms with van der Waals surface area (Å²) in [6, 6.07) is 17.6. The molecule has 2 aliphatic rings. The number of amides is 2. The molecule has 0 atom stereocenters. The number of nitrogens with one attached hydrogen (secondary N) is 2. The highest BCUT2D eigenvalue weighted by molar-refractivity contribution is 5.94. The molecule has 2 aliphatic carbocycles. The van der Waals surface area contributed by atoms with Crippen LogP contribution in [0.4, 0.5) is 10.6 Å². The van der Waals surface area contributed by atoms with E-state index in [2.05, 4.69) is 27.6 Å². The van der Waals surface area contributed by atoms with Crippen LogP contribution >= 0.6 is 0 Å². The zero-order valence-electron chi connectivity index (χ0n) is 19.1. The Morgan fingerprint density at radius 2 is 1.71 bits per heavy atom. The van der Waals surface area contributed by atoms with Crippen molar-refractivity contribution in [1.82, 2.24) is 15.1 Å². The molecule has 9 heteroatoms. The van der Waals surface area contributed by atoms with E-state index in [0.717, 1.165) is 35.1 Å². The average Bonchev–Trinajstić information content (AvgIpc) is 3.46. The van der Waals surface area contributed by atoms with Gasteiger partial charge >= 0.3 is 12.1 Å². The Balaban J connectivity index is 1.20. The standard InChI is InChI=1S/C26H26N4O5/c31-24(32)11-12-30(14-16-9-10-16)25(33)22-13-23(29-28-22)27-26(34)35-15-21-19-7-3-1-5-17(19)18-6-2-4-8-20(18)21/h1-8,13,16,21H,9-12,14-15H2,(H,31,32)(H2,27,28,29,34). The predicted molar refractivity (Wildman–Crippen MR) is 128 cm³/mol. The van der Waals surface area contributed by atoms with Crippen LogP contribution in [0.25, 0.3) is 11.1 Å². The van der Waals surface area contributed by atoms with Crippen LogP contribution in [-0.2, 0) is 9.53 Å². The van der Waals surface area contributed by atoms with E-state index in [0.29, 0.717) is 12.5 Å². The lowest BCUT2D eigenvalue weighted by Gasteiger charge is -2.20. The number of ether oxygens (including phenoxy) is 1. The number of rotatable bonds is 9. The van der Waals surface area contributed by atoms with E-state index < -0.39 is 12.1 Å². The van der Waals surface area contributed by atoms with Crippen LogP contribution < -0.4 is 5.32 Å². The summed E-state index contributed by atoms with van der Waals surface area (Å²) in [7, 11) is 0. The average molecular weight is 475 g/mol. The van der Waals surface area contributed by atoms with Crippen LogP contribution in [0.3, 0.4) is 0 Å². The van der Waals surface area contributed by atoms with E-state index in [1.807, 2.05) is 36.4 Å². The first-order valence-electron chi connectivity index (χ1n) is 11.7. The molecule has 2 aromatic carbocycles. The molecule has 0 aliphatic heterocycles. The van der Waals surface area contributed by atoms with Gasteiger partial charge in [-0.3, -0.25) is 20.0 Å². The Morgan fingerprint density at radius 3 is 2.34 bits per heavy atom. The van der Waals surface area contributed by atoms with Crippen molar-refractivity contribution < 1.29 is 24.2 Å². The number of hydrogen-bond acceptors (Lipinski definition) is 5.